The molecule has 0 spiro atoms. The third-order valence-electron chi connectivity index (χ3n) is 2.81. The van der Waals surface area contributed by atoms with Gasteiger partial charge in [-0.2, -0.15) is 5.26 Å². The minimum Gasteiger partial charge on any atom is -0.488 e. The number of benzene rings is 1. The molecule has 1 aromatic heterocycles. The van der Waals surface area contributed by atoms with Crippen LogP contribution in [-0.2, 0) is 6.61 Å². The highest BCUT2D eigenvalue weighted by Crippen LogP contribution is 2.29. The number of hydrogen-bond donors (Lipinski definition) is 1. The lowest BCUT2D eigenvalue weighted by Crippen LogP contribution is -2.03. The van der Waals surface area contributed by atoms with Crippen LogP contribution in [0.3, 0.4) is 0 Å². The maximum Gasteiger partial charge on any atom is 0.147 e. The van der Waals surface area contributed by atoms with E-state index >= 15 is 0 Å². The predicted octanol–water partition coefficient (Wildman–Crippen LogP) is 3.35. The van der Waals surface area contributed by atoms with Gasteiger partial charge in [0.2, 0.25) is 0 Å². The van der Waals surface area contributed by atoms with Crippen molar-refractivity contribution >= 4 is 15.9 Å². The van der Waals surface area contributed by atoms with Gasteiger partial charge in [-0.25, -0.2) is 4.98 Å². The van der Waals surface area contributed by atoms with Crippen molar-refractivity contribution in [1.82, 2.24) is 4.98 Å². The molecule has 0 bridgehead atoms. The Kier molecular flexibility index (Phi) is 4.72. The van der Waals surface area contributed by atoms with Gasteiger partial charge in [-0.1, -0.05) is 28.1 Å². The second-order valence-corrected chi connectivity index (χ2v) is 5.19. The van der Waals surface area contributed by atoms with Gasteiger partial charge in [0.25, 0.3) is 0 Å². The molecule has 0 amide bonds. The molecule has 5 heteroatoms. The summed E-state index contributed by atoms with van der Waals surface area (Å²) in [6.07, 6.45) is 0.949. The van der Waals surface area contributed by atoms with Crippen molar-refractivity contribution in [2.75, 3.05) is 0 Å². The van der Waals surface area contributed by atoms with E-state index in [4.69, 9.17) is 10.00 Å². The van der Waals surface area contributed by atoms with Gasteiger partial charge in [-0.05, 0) is 25.1 Å². The van der Waals surface area contributed by atoms with Crippen molar-refractivity contribution in [2.24, 2.45) is 0 Å². The summed E-state index contributed by atoms with van der Waals surface area (Å²) in [5.41, 5.74) is 1.77. The lowest BCUT2D eigenvalue weighted by molar-refractivity contribution is 0.190. The van der Waals surface area contributed by atoms with Gasteiger partial charge in [0.05, 0.1) is 6.10 Å². The summed E-state index contributed by atoms with van der Waals surface area (Å²) >= 11 is 3.37. The number of ether oxygens (including phenoxy) is 1. The van der Waals surface area contributed by atoms with E-state index in [1.807, 2.05) is 12.1 Å². The van der Waals surface area contributed by atoms with Crippen molar-refractivity contribution in [3.63, 3.8) is 0 Å². The Morgan fingerprint density at radius 2 is 2.25 bits per heavy atom. The highest BCUT2D eigenvalue weighted by Gasteiger charge is 2.11. The van der Waals surface area contributed by atoms with Crippen LogP contribution >= 0.6 is 15.9 Å². The second-order valence-electron chi connectivity index (χ2n) is 4.27. The average Bonchev–Trinajstić information content (AvgIpc) is 2.45. The summed E-state index contributed by atoms with van der Waals surface area (Å²) in [4.78, 5) is 3.98. The lowest BCUT2D eigenvalue weighted by Gasteiger charge is -2.14. The summed E-state index contributed by atoms with van der Waals surface area (Å²) in [6.45, 7) is 1.91. The summed E-state index contributed by atoms with van der Waals surface area (Å²) in [5.74, 6) is 0.585. The summed E-state index contributed by atoms with van der Waals surface area (Å²) < 4.78 is 6.59. The van der Waals surface area contributed by atoms with Crippen molar-refractivity contribution in [2.45, 2.75) is 19.6 Å². The molecule has 1 atom stereocenters. The highest BCUT2D eigenvalue weighted by atomic mass is 79.9. The average molecular weight is 333 g/mol. The number of hydrogen-bond acceptors (Lipinski definition) is 4. The first kappa shape index (κ1) is 14.5. The maximum absolute atomic E-state index is 9.73. The molecule has 4 nitrogen and oxygen atoms in total. The summed E-state index contributed by atoms with van der Waals surface area (Å²) in [7, 11) is 0. The smallest absolute Gasteiger partial charge is 0.147 e. The largest absolute Gasteiger partial charge is 0.488 e. The fourth-order valence-corrected chi connectivity index (χ4v) is 2.13. The number of pyridine rings is 1. The first-order valence-corrected chi connectivity index (χ1v) is 6.85. The minimum absolute atomic E-state index is 0.229. The first-order chi connectivity index (χ1) is 9.61. The van der Waals surface area contributed by atoms with Crippen LogP contribution in [0.15, 0.2) is 41.0 Å². The van der Waals surface area contributed by atoms with Crippen molar-refractivity contribution < 1.29 is 9.84 Å². The molecule has 0 radical (unpaired) electrons. The Morgan fingerprint density at radius 3 is 2.95 bits per heavy atom. The van der Waals surface area contributed by atoms with Gasteiger partial charge < -0.3 is 9.84 Å². The molecule has 0 aliphatic heterocycles. The number of nitrogens with zero attached hydrogens (tertiary/aromatic N) is 2. The predicted molar refractivity (Wildman–Crippen MR) is 78.1 cm³/mol. The molecule has 0 fully saturated rings. The molecule has 20 heavy (non-hydrogen) atoms. The maximum atomic E-state index is 9.73. The highest BCUT2D eigenvalue weighted by molar-refractivity contribution is 9.10. The van der Waals surface area contributed by atoms with Crippen LogP contribution < -0.4 is 4.74 Å². The zero-order chi connectivity index (χ0) is 14.5. The van der Waals surface area contributed by atoms with E-state index < -0.39 is 6.10 Å². The van der Waals surface area contributed by atoms with Crippen LogP contribution in [0.1, 0.15) is 29.8 Å². The molecular weight excluding hydrogens is 320 g/mol. The van der Waals surface area contributed by atoms with Gasteiger partial charge in [0, 0.05) is 21.8 Å². The van der Waals surface area contributed by atoms with Gasteiger partial charge in [0.15, 0.2) is 0 Å². The van der Waals surface area contributed by atoms with Gasteiger partial charge in [-0.15, -0.1) is 0 Å². The number of rotatable bonds is 4. The first-order valence-electron chi connectivity index (χ1n) is 6.06. The molecule has 102 valence electrons. The van der Waals surface area contributed by atoms with Crippen LogP contribution in [0.4, 0.5) is 0 Å². The van der Waals surface area contributed by atoms with Crippen molar-refractivity contribution in [3.8, 4) is 11.8 Å². The van der Waals surface area contributed by atoms with E-state index in [-0.39, 0.29) is 6.61 Å². The summed E-state index contributed by atoms with van der Waals surface area (Å²) in [6, 6.07) is 11.0. The normalized spacial score (nSPS) is 11.7. The molecule has 0 aliphatic carbocycles. The van der Waals surface area contributed by atoms with Gasteiger partial charge in [0.1, 0.15) is 24.1 Å². The zero-order valence-corrected chi connectivity index (χ0v) is 12.5. The SMILES string of the molecule is CC(O)c1ccc(Br)cc1OCc1cccnc1C#N. The van der Waals surface area contributed by atoms with E-state index in [0.29, 0.717) is 22.6 Å². The molecule has 1 heterocycles. The quantitative estimate of drug-likeness (QED) is 0.932. The second kappa shape index (κ2) is 6.51. The molecule has 2 aromatic rings. The molecule has 1 N–H and O–H groups in total. The molecular formula is C15H13BrN2O2. The van der Waals surface area contributed by atoms with Gasteiger partial charge in [-0.3, -0.25) is 0 Å². The van der Waals surface area contributed by atoms with Crippen molar-refractivity contribution in [1.29, 1.82) is 5.26 Å². The fraction of sp³-hybridized carbons (Fsp3) is 0.200. The van der Waals surface area contributed by atoms with Crippen LogP contribution in [0.25, 0.3) is 0 Å². The van der Waals surface area contributed by atoms with E-state index in [0.717, 1.165) is 4.47 Å². The Morgan fingerprint density at radius 1 is 1.45 bits per heavy atom. The van der Waals surface area contributed by atoms with Gasteiger partial charge >= 0.3 is 0 Å². The zero-order valence-electron chi connectivity index (χ0n) is 10.9. The monoisotopic (exact) mass is 332 g/mol. The third kappa shape index (κ3) is 3.35. The summed E-state index contributed by atoms with van der Waals surface area (Å²) in [5, 5.41) is 18.7. The van der Waals surface area contributed by atoms with E-state index in [1.54, 1.807) is 37.4 Å². The van der Waals surface area contributed by atoms with Crippen LogP contribution in [0.5, 0.6) is 5.75 Å². The Balaban J connectivity index is 2.23. The Labute approximate surface area is 125 Å². The molecule has 0 saturated carbocycles. The standard InChI is InChI=1S/C15H13BrN2O2/c1-10(19)13-5-4-12(16)7-15(13)20-9-11-3-2-6-18-14(11)8-17/h2-7,10,19H,9H2,1H3. The fourth-order valence-electron chi connectivity index (χ4n) is 1.79. The topological polar surface area (TPSA) is 66.1 Å². The van der Waals surface area contributed by atoms with E-state index in [9.17, 15) is 5.11 Å². The number of nitriles is 1. The van der Waals surface area contributed by atoms with Crippen molar-refractivity contribution in [3.05, 3.63) is 57.8 Å². The van der Waals surface area contributed by atoms with Crippen LogP contribution in [0, 0.1) is 11.3 Å². The number of aliphatic hydroxyl groups is 1. The lowest BCUT2D eigenvalue weighted by atomic mass is 10.1. The Bertz CT molecular complexity index is 651. The minimum atomic E-state index is -0.623. The molecule has 2 rings (SSSR count). The number of halogens is 1. The van der Waals surface area contributed by atoms with E-state index in [1.165, 1.54) is 0 Å². The molecule has 0 aliphatic rings. The molecule has 1 aromatic carbocycles. The van der Waals surface area contributed by atoms with Crippen LogP contribution in [-0.4, -0.2) is 10.1 Å². The Hall–Kier alpha value is -1.90. The van der Waals surface area contributed by atoms with E-state index in [2.05, 4.69) is 20.9 Å². The number of aromatic nitrogens is 1. The third-order valence-corrected chi connectivity index (χ3v) is 3.30. The molecule has 1 unspecified atom stereocenters. The van der Waals surface area contributed by atoms with Crippen LogP contribution in [0.2, 0.25) is 0 Å². The number of aliphatic hydroxyl groups excluding tert-OH is 1. The molecule has 0 saturated heterocycles.